The van der Waals surface area contributed by atoms with Crippen LogP contribution >= 0.6 is 0 Å². The van der Waals surface area contributed by atoms with Crippen LogP contribution in [-0.4, -0.2) is 42.4 Å². The summed E-state index contributed by atoms with van der Waals surface area (Å²) in [5, 5.41) is 9.21. The molecule has 0 aliphatic carbocycles. The van der Waals surface area contributed by atoms with Crippen molar-refractivity contribution in [1.82, 2.24) is 10.2 Å². The third kappa shape index (κ3) is 4.49. The van der Waals surface area contributed by atoms with E-state index in [1.54, 1.807) is 18.2 Å². The van der Waals surface area contributed by atoms with Gasteiger partial charge in [0.15, 0.2) is 0 Å². The summed E-state index contributed by atoms with van der Waals surface area (Å²) in [4.78, 5) is 27.7. The number of hydrogen-bond donors (Lipinski definition) is 3. The van der Waals surface area contributed by atoms with Crippen LogP contribution in [0.15, 0.2) is 42.5 Å². The number of fused-ring (bicyclic) bond motifs is 2. The number of piperidine rings is 1. The minimum absolute atomic E-state index is 0.112. The van der Waals surface area contributed by atoms with Crippen LogP contribution < -0.4 is 16.0 Å². The van der Waals surface area contributed by atoms with Crippen LogP contribution in [0.5, 0.6) is 0 Å². The zero-order valence-electron chi connectivity index (χ0n) is 17.5. The van der Waals surface area contributed by atoms with E-state index >= 15 is 0 Å². The van der Waals surface area contributed by atoms with E-state index in [1.165, 1.54) is 32.2 Å². The zero-order chi connectivity index (χ0) is 20.9. The second kappa shape index (κ2) is 9.30. The first-order valence-electron chi connectivity index (χ1n) is 11.0. The first-order valence-corrected chi connectivity index (χ1v) is 11.0. The van der Waals surface area contributed by atoms with Gasteiger partial charge in [0.1, 0.15) is 0 Å². The van der Waals surface area contributed by atoms with Gasteiger partial charge in [-0.15, -0.1) is 0 Å². The van der Waals surface area contributed by atoms with E-state index in [0.717, 1.165) is 24.3 Å². The van der Waals surface area contributed by atoms with E-state index in [4.69, 9.17) is 0 Å². The molecule has 1 atom stereocenters. The van der Waals surface area contributed by atoms with Crippen LogP contribution in [0, 0.1) is 0 Å². The van der Waals surface area contributed by atoms with Crippen molar-refractivity contribution in [2.45, 2.75) is 45.1 Å². The van der Waals surface area contributed by atoms with E-state index in [-0.39, 0.29) is 11.8 Å². The highest BCUT2D eigenvalue weighted by Crippen LogP contribution is 2.32. The Morgan fingerprint density at radius 3 is 2.83 bits per heavy atom. The Morgan fingerprint density at radius 1 is 1.10 bits per heavy atom. The predicted molar refractivity (Wildman–Crippen MR) is 121 cm³/mol. The molecule has 1 fully saturated rings. The second-order valence-corrected chi connectivity index (χ2v) is 8.09. The van der Waals surface area contributed by atoms with Gasteiger partial charge in [-0.2, -0.15) is 0 Å². The molecule has 3 N–H and O–H groups in total. The SMILES string of the molecule is CCC1CCCCN1CCCNC(=O)c1ccc2c(c1)NC(=O)c1ccccc1N2. The standard InChI is InChI=1S/C24H30N4O2/c1-2-18-8-5-6-14-28(18)15-7-13-25-23(29)17-11-12-21-22(16-17)27-24(30)19-9-3-4-10-20(19)26-21/h3-4,9-12,16,18,26H,2,5-8,13-15H2,1H3,(H,25,29)(H,27,30). The maximum absolute atomic E-state index is 12.6. The Balaban J connectivity index is 1.34. The van der Waals surface area contributed by atoms with Crippen molar-refractivity contribution >= 4 is 28.9 Å². The molecule has 0 radical (unpaired) electrons. The lowest BCUT2D eigenvalue weighted by Crippen LogP contribution is -2.40. The fraction of sp³-hybridized carbons (Fsp3) is 0.417. The molecule has 2 aliphatic heterocycles. The lowest BCUT2D eigenvalue weighted by molar-refractivity contribution is 0.0946. The molecule has 0 aromatic heterocycles. The summed E-state index contributed by atoms with van der Waals surface area (Å²) in [6, 6.07) is 13.4. The Morgan fingerprint density at radius 2 is 1.97 bits per heavy atom. The quantitative estimate of drug-likeness (QED) is 0.623. The smallest absolute Gasteiger partial charge is 0.257 e. The molecule has 2 heterocycles. The number of benzene rings is 2. The predicted octanol–water partition coefficient (Wildman–Crippen LogP) is 4.38. The Bertz CT molecular complexity index is 927. The average Bonchev–Trinajstić information content (AvgIpc) is 2.92. The maximum atomic E-state index is 12.6. The maximum Gasteiger partial charge on any atom is 0.257 e. The van der Waals surface area contributed by atoms with Crippen molar-refractivity contribution in [2.24, 2.45) is 0 Å². The normalized spacial score (nSPS) is 18.4. The van der Waals surface area contributed by atoms with Gasteiger partial charge in [-0.25, -0.2) is 0 Å². The van der Waals surface area contributed by atoms with Gasteiger partial charge < -0.3 is 20.9 Å². The molecule has 0 saturated carbocycles. The number of anilines is 3. The van der Waals surface area contributed by atoms with Crippen molar-refractivity contribution in [2.75, 3.05) is 30.3 Å². The van der Waals surface area contributed by atoms with Gasteiger partial charge in [0.2, 0.25) is 0 Å². The number of nitrogens with zero attached hydrogens (tertiary/aromatic N) is 1. The van der Waals surface area contributed by atoms with Crippen molar-refractivity contribution < 1.29 is 9.59 Å². The van der Waals surface area contributed by atoms with Gasteiger partial charge in [-0.1, -0.05) is 25.5 Å². The number of hydrogen-bond acceptors (Lipinski definition) is 4. The summed E-state index contributed by atoms with van der Waals surface area (Å²) < 4.78 is 0. The van der Waals surface area contributed by atoms with Crippen LogP contribution in [0.2, 0.25) is 0 Å². The average molecular weight is 407 g/mol. The van der Waals surface area contributed by atoms with E-state index in [1.807, 2.05) is 24.3 Å². The van der Waals surface area contributed by atoms with Crippen molar-refractivity contribution in [1.29, 1.82) is 0 Å². The summed E-state index contributed by atoms with van der Waals surface area (Å²) in [5.41, 5.74) is 3.28. The van der Waals surface area contributed by atoms with Gasteiger partial charge in [0, 0.05) is 24.7 Å². The molecule has 1 saturated heterocycles. The highest BCUT2D eigenvalue weighted by atomic mass is 16.2. The molecule has 6 heteroatoms. The van der Waals surface area contributed by atoms with Crippen molar-refractivity contribution in [3.05, 3.63) is 53.6 Å². The molecule has 6 nitrogen and oxygen atoms in total. The molecule has 30 heavy (non-hydrogen) atoms. The monoisotopic (exact) mass is 406 g/mol. The number of amides is 2. The van der Waals surface area contributed by atoms with Crippen molar-refractivity contribution in [3.63, 3.8) is 0 Å². The van der Waals surface area contributed by atoms with Gasteiger partial charge in [-0.3, -0.25) is 9.59 Å². The molecule has 2 aromatic carbocycles. The molecule has 1 unspecified atom stereocenters. The summed E-state index contributed by atoms with van der Waals surface area (Å²) in [6.45, 7) is 5.11. The minimum atomic E-state index is -0.179. The summed E-state index contributed by atoms with van der Waals surface area (Å²) in [5.74, 6) is -0.291. The molecule has 2 aliphatic rings. The summed E-state index contributed by atoms with van der Waals surface area (Å²) >= 11 is 0. The third-order valence-corrected chi connectivity index (χ3v) is 6.10. The largest absolute Gasteiger partial charge is 0.353 e. The van der Waals surface area contributed by atoms with Gasteiger partial charge in [0.05, 0.1) is 22.6 Å². The molecule has 4 rings (SSSR count). The number of para-hydroxylation sites is 1. The fourth-order valence-electron chi connectivity index (χ4n) is 4.43. The molecule has 0 spiro atoms. The van der Waals surface area contributed by atoms with Crippen LogP contribution in [0.4, 0.5) is 17.1 Å². The highest BCUT2D eigenvalue weighted by Gasteiger charge is 2.21. The molecular formula is C24H30N4O2. The number of carbonyl (C=O) groups is 2. The van der Waals surface area contributed by atoms with Crippen LogP contribution in [0.1, 0.15) is 59.7 Å². The van der Waals surface area contributed by atoms with E-state index in [2.05, 4.69) is 27.8 Å². The number of likely N-dealkylation sites (tertiary alicyclic amines) is 1. The van der Waals surface area contributed by atoms with Crippen LogP contribution in [0.25, 0.3) is 0 Å². The summed E-state index contributed by atoms with van der Waals surface area (Å²) in [6.07, 6.45) is 6.05. The van der Waals surface area contributed by atoms with E-state index < -0.39 is 0 Å². The number of nitrogens with one attached hydrogen (secondary N) is 3. The summed E-state index contributed by atoms with van der Waals surface area (Å²) in [7, 11) is 0. The first-order chi connectivity index (χ1) is 14.7. The molecule has 0 bridgehead atoms. The lowest BCUT2D eigenvalue weighted by atomic mass is 10.00. The first kappa shape index (κ1) is 20.4. The van der Waals surface area contributed by atoms with Crippen molar-refractivity contribution in [3.8, 4) is 0 Å². The lowest BCUT2D eigenvalue weighted by Gasteiger charge is -2.35. The van der Waals surface area contributed by atoms with Gasteiger partial charge in [-0.05, 0) is 62.6 Å². The van der Waals surface area contributed by atoms with E-state index in [9.17, 15) is 9.59 Å². The third-order valence-electron chi connectivity index (χ3n) is 6.10. The molecule has 158 valence electrons. The highest BCUT2D eigenvalue weighted by molar-refractivity contribution is 6.12. The topological polar surface area (TPSA) is 73.5 Å². The minimum Gasteiger partial charge on any atom is -0.353 e. The fourth-order valence-corrected chi connectivity index (χ4v) is 4.43. The zero-order valence-corrected chi connectivity index (χ0v) is 17.5. The van der Waals surface area contributed by atoms with Crippen LogP contribution in [0.3, 0.4) is 0 Å². The molecule has 2 amide bonds. The van der Waals surface area contributed by atoms with E-state index in [0.29, 0.717) is 29.4 Å². The second-order valence-electron chi connectivity index (χ2n) is 8.09. The van der Waals surface area contributed by atoms with Gasteiger partial charge in [0.25, 0.3) is 11.8 Å². The number of rotatable bonds is 6. The molecule has 2 aromatic rings. The Kier molecular flexibility index (Phi) is 6.33. The number of carbonyl (C=O) groups excluding carboxylic acids is 2. The Hall–Kier alpha value is -2.86. The van der Waals surface area contributed by atoms with Gasteiger partial charge >= 0.3 is 0 Å². The molecular weight excluding hydrogens is 376 g/mol. The Labute approximate surface area is 178 Å². The van der Waals surface area contributed by atoms with Crippen LogP contribution in [-0.2, 0) is 0 Å².